The summed E-state index contributed by atoms with van der Waals surface area (Å²) in [7, 11) is -2.48. The minimum absolute atomic E-state index is 0.0385. The Bertz CT molecular complexity index is 1130. The van der Waals surface area contributed by atoms with Gasteiger partial charge in [-0.1, -0.05) is 26.0 Å². The zero-order valence-corrected chi connectivity index (χ0v) is 19.7. The molecule has 0 spiro atoms. The van der Waals surface area contributed by atoms with E-state index in [0.29, 0.717) is 17.9 Å². The van der Waals surface area contributed by atoms with Crippen LogP contribution in [-0.2, 0) is 26.0 Å². The molecular weight excluding hydrogens is 430 g/mol. The van der Waals surface area contributed by atoms with Crippen LogP contribution in [0.25, 0.3) is 0 Å². The van der Waals surface area contributed by atoms with Crippen LogP contribution in [0.1, 0.15) is 33.3 Å². The summed E-state index contributed by atoms with van der Waals surface area (Å²) < 4.78 is 34.0. The minimum atomic E-state index is -3.98. The number of para-hydroxylation sites is 2. The molecule has 1 aliphatic heterocycles. The van der Waals surface area contributed by atoms with Gasteiger partial charge in [0.15, 0.2) is 0 Å². The molecular formula is C23H29N3O5S. The molecule has 0 saturated heterocycles. The van der Waals surface area contributed by atoms with Gasteiger partial charge in [0, 0.05) is 18.7 Å². The predicted octanol–water partition coefficient (Wildman–Crippen LogP) is 2.93. The number of ether oxygens (including phenoxy) is 1. The maximum absolute atomic E-state index is 13.1. The average Bonchev–Trinajstić information content (AvgIpc) is 3.07. The van der Waals surface area contributed by atoms with Gasteiger partial charge in [-0.2, -0.15) is 4.72 Å². The summed E-state index contributed by atoms with van der Waals surface area (Å²) in [6, 6.07) is 10.6. The number of nitrogens with zero attached hydrogens (tertiary/aromatic N) is 1. The third-order valence-corrected chi connectivity index (χ3v) is 6.95. The number of sulfonamides is 1. The number of methoxy groups -OCH3 is 1. The molecule has 9 heteroatoms. The Morgan fingerprint density at radius 2 is 1.84 bits per heavy atom. The van der Waals surface area contributed by atoms with Crippen LogP contribution in [0, 0.1) is 5.92 Å². The fourth-order valence-corrected chi connectivity index (χ4v) is 5.33. The van der Waals surface area contributed by atoms with Crippen molar-refractivity contribution in [3.05, 3.63) is 48.0 Å². The van der Waals surface area contributed by atoms with Crippen molar-refractivity contribution in [3.8, 4) is 5.75 Å². The van der Waals surface area contributed by atoms with Gasteiger partial charge in [0.2, 0.25) is 21.8 Å². The molecule has 2 aromatic carbocycles. The molecule has 32 heavy (non-hydrogen) atoms. The zero-order valence-electron chi connectivity index (χ0n) is 18.9. The molecule has 1 aliphatic rings. The summed E-state index contributed by atoms with van der Waals surface area (Å²) in [6.45, 7) is 6.95. The summed E-state index contributed by atoms with van der Waals surface area (Å²) in [5.41, 5.74) is 1.97. The maximum atomic E-state index is 13.1. The van der Waals surface area contributed by atoms with Gasteiger partial charge >= 0.3 is 0 Å². The van der Waals surface area contributed by atoms with Crippen LogP contribution in [0.2, 0.25) is 0 Å². The molecule has 0 unspecified atom stereocenters. The topological polar surface area (TPSA) is 105 Å². The molecule has 172 valence electrons. The van der Waals surface area contributed by atoms with Crippen LogP contribution in [0.4, 0.5) is 11.4 Å². The summed E-state index contributed by atoms with van der Waals surface area (Å²) in [4.78, 5) is 26.6. The van der Waals surface area contributed by atoms with Crippen LogP contribution >= 0.6 is 0 Å². The third kappa shape index (κ3) is 4.78. The monoisotopic (exact) mass is 459 g/mol. The van der Waals surface area contributed by atoms with Crippen molar-refractivity contribution in [2.45, 2.75) is 51.1 Å². The standard InChI is InChI=1S/C23H29N3O5S/c1-14(2)22(23(28)24-19-8-6-7-9-21(19)31-5)25-32(29,30)18-10-11-20-17(13-18)12-15(3)26(20)16(4)27/h6-11,13-15,22,25H,12H2,1-5H3,(H,24,28)/t15-,22-/m0/s1. The molecule has 8 nitrogen and oxygen atoms in total. The van der Waals surface area contributed by atoms with Gasteiger partial charge in [0.05, 0.1) is 17.7 Å². The van der Waals surface area contributed by atoms with E-state index in [1.807, 2.05) is 6.92 Å². The smallest absolute Gasteiger partial charge is 0.242 e. The SMILES string of the molecule is COc1ccccc1NC(=O)[C@@H](NS(=O)(=O)c1ccc2c(c1)C[C@H](C)N2C(C)=O)C(C)C. The summed E-state index contributed by atoms with van der Waals surface area (Å²) in [5, 5.41) is 2.75. The van der Waals surface area contributed by atoms with E-state index in [0.717, 1.165) is 11.3 Å². The number of anilines is 2. The number of carbonyl (C=O) groups is 2. The average molecular weight is 460 g/mol. The first-order valence-electron chi connectivity index (χ1n) is 10.4. The number of nitrogens with one attached hydrogen (secondary N) is 2. The van der Waals surface area contributed by atoms with Crippen LogP contribution in [0.15, 0.2) is 47.4 Å². The number of rotatable bonds is 7. The van der Waals surface area contributed by atoms with E-state index in [4.69, 9.17) is 4.74 Å². The van der Waals surface area contributed by atoms with E-state index >= 15 is 0 Å². The summed E-state index contributed by atoms with van der Waals surface area (Å²) in [6.07, 6.45) is 0.570. The summed E-state index contributed by atoms with van der Waals surface area (Å²) in [5.74, 6) is -0.389. The Balaban J connectivity index is 1.84. The van der Waals surface area contributed by atoms with Gasteiger partial charge in [-0.15, -0.1) is 0 Å². The second-order valence-electron chi connectivity index (χ2n) is 8.27. The normalized spacial score (nSPS) is 16.6. The molecule has 0 bridgehead atoms. The van der Waals surface area contributed by atoms with E-state index in [9.17, 15) is 18.0 Å². The first-order chi connectivity index (χ1) is 15.0. The Kier molecular flexibility index (Phi) is 6.90. The van der Waals surface area contributed by atoms with Crippen molar-refractivity contribution in [1.82, 2.24) is 4.72 Å². The molecule has 1 heterocycles. The van der Waals surface area contributed by atoms with Gasteiger partial charge in [-0.25, -0.2) is 8.42 Å². The second kappa shape index (κ2) is 9.30. The van der Waals surface area contributed by atoms with Gasteiger partial charge in [0.25, 0.3) is 0 Å². The van der Waals surface area contributed by atoms with E-state index in [-0.39, 0.29) is 22.8 Å². The first kappa shape index (κ1) is 23.7. The van der Waals surface area contributed by atoms with E-state index < -0.39 is 22.0 Å². The van der Waals surface area contributed by atoms with E-state index in [2.05, 4.69) is 10.0 Å². The van der Waals surface area contributed by atoms with Crippen molar-refractivity contribution in [1.29, 1.82) is 0 Å². The lowest BCUT2D eigenvalue weighted by Gasteiger charge is -2.23. The van der Waals surface area contributed by atoms with Crippen molar-refractivity contribution < 1.29 is 22.7 Å². The van der Waals surface area contributed by atoms with Crippen LogP contribution < -0.4 is 19.7 Å². The lowest BCUT2D eigenvalue weighted by molar-refractivity contribution is -0.118. The van der Waals surface area contributed by atoms with Crippen molar-refractivity contribution in [2.24, 2.45) is 5.92 Å². The molecule has 0 fully saturated rings. The second-order valence-corrected chi connectivity index (χ2v) is 9.98. The highest BCUT2D eigenvalue weighted by molar-refractivity contribution is 7.89. The number of benzene rings is 2. The number of hydrogen-bond acceptors (Lipinski definition) is 5. The minimum Gasteiger partial charge on any atom is -0.495 e. The number of hydrogen-bond donors (Lipinski definition) is 2. The van der Waals surface area contributed by atoms with Gasteiger partial charge in [-0.3, -0.25) is 9.59 Å². The fraction of sp³-hybridized carbons (Fsp3) is 0.391. The van der Waals surface area contributed by atoms with Crippen LogP contribution in [-0.4, -0.2) is 39.4 Å². The maximum Gasteiger partial charge on any atom is 0.242 e. The number of carbonyl (C=O) groups excluding carboxylic acids is 2. The number of fused-ring (bicyclic) bond motifs is 1. The molecule has 2 N–H and O–H groups in total. The number of amides is 2. The third-order valence-electron chi connectivity index (χ3n) is 5.51. The van der Waals surface area contributed by atoms with E-state index in [1.54, 1.807) is 55.1 Å². The van der Waals surface area contributed by atoms with Gasteiger partial charge in [0.1, 0.15) is 11.8 Å². The molecule has 0 radical (unpaired) electrons. The molecule has 3 rings (SSSR count). The Morgan fingerprint density at radius 1 is 1.16 bits per heavy atom. The van der Waals surface area contributed by atoms with Crippen molar-refractivity contribution in [3.63, 3.8) is 0 Å². The quantitative estimate of drug-likeness (QED) is 0.662. The molecule has 0 aliphatic carbocycles. The Morgan fingerprint density at radius 3 is 2.47 bits per heavy atom. The largest absolute Gasteiger partial charge is 0.495 e. The lowest BCUT2D eigenvalue weighted by Crippen LogP contribution is -2.47. The molecule has 2 amide bonds. The Hall–Kier alpha value is -2.91. The van der Waals surface area contributed by atoms with Crippen LogP contribution in [0.3, 0.4) is 0 Å². The highest BCUT2D eigenvalue weighted by atomic mass is 32.2. The Labute approximate surface area is 189 Å². The van der Waals surface area contributed by atoms with Crippen molar-refractivity contribution in [2.75, 3.05) is 17.3 Å². The van der Waals surface area contributed by atoms with Gasteiger partial charge in [-0.05, 0) is 55.2 Å². The van der Waals surface area contributed by atoms with Crippen LogP contribution in [0.5, 0.6) is 5.75 Å². The molecule has 2 atom stereocenters. The molecule has 0 aromatic heterocycles. The first-order valence-corrected chi connectivity index (χ1v) is 11.9. The lowest BCUT2D eigenvalue weighted by atomic mass is 10.0. The van der Waals surface area contributed by atoms with Crippen molar-refractivity contribution >= 4 is 33.2 Å². The molecule has 0 saturated carbocycles. The fourth-order valence-electron chi connectivity index (χ4n) is 3.94. The highest BCUT2D eigenvalue weighted by Crippen LogP contribution is 2.34. The highest BCUT2D eigenvalue weighted by Gasteiger charge is 2.32. The van der Waals surface area contributed by atoms with E-state index in [1.165, 1.54) is 20.1 Å². The predicted molar refractivity (Wildman–Crippen MR) is 123 cm³/mol. The van der Waals surface area contributed by atoms with Gasteiger partial charge < -0.3 is 15.0 Å². The molecule has 2 aromatic rings. The summed E-state index contributed by atoms with van der Waals surface area (Å²) >= 11 is 0. The zero-order chi connectivity index (χ0) is 23.6.